The molecule has 1 unspecified atom stereocenters. The molecule has 0 aromatic heterocycles. The van der Waals surface area contributed by atoms with E-state index < -0.39 is 0 Å². The third-order valence-electron chi connectivity index (χ3n) is 6.44. The molecule has 0 aliphatic carbocycles. The molecule has 0 amide bonds. The Bertz CT molecular complexity index is 1360. The molecule has 4 aromatic carbocycles. The lowest BCUT2D eigenvalue weighted by atomic mass is 9.96. The average molecular weight is 506 g/mol. The Labute approximate surface area is 225 Å². The van der Waals surface area contributed by atoms with Crippen LogP contribution in [0.2, 0.25) is 0 Å². The van der Waals surface area contributed by atoms with Crippen molar-refractivity contribution in [1.82, 2.24) is 5.06 Å². The van der Waals surface area contributed by atoms with Gasteiger partial charge in [0.05, 0.1) is 23.0 Å². The van der Waals surface area contributed by atoms with Crippen molar-refractivity contribution >= 4 is 11.4 Å². The van der Waals surface area contributed by atoms with E-state index in [0.29, 0.717) is 6.73 Å². The summed E-state index contributed by atoms with van der Waals surface area (Å²) in [6, 6.07) is 37.8. The quantitative estimate of drug-likeness (QED) is 0.182. The molecular formula is C33H35N3O2. The van der Waals surface area contributed by atoms with Gasteiger partial charge in [-0.2, -0.15) is 5.10 Å². The van der Waals surface area contributed by atoms with E-state index in [1.165, 1.54) is 11.1 Å². The summed E-state index contributed by atoms with van der Waals surface area (Å²) in [6.45, 7) is 6.48. The molecule has 0 saturated heterocycles. The number of rotatable bonds is 8. The molecule has 1 aliphatic heterocycles. The highest BCUT2D eigenvalue weighted by molar-refractivity contribution is 6.03. The van der Waals surface area contributed by atoms with Gasteiger partial charge in [-0.05, 0) is 67.3 Å². The zero-order valence-electron chi connectivity index (χ0n) is 22.5. The van der Waals surface area contributed by atoms with Crippen LogP contribution in [-0.4, -0.2) is 30.2 Å². The molecule has 0 spiro atoms. The fourth-order valence-electron chi connectivity index (χ4n) is 4.52. The molecule has 4 aromatic rings. The van der Waals surface area contributed by atoms with Crippen LogP contribution in [0.5, 0.6) is 5.75 Å². The monoisotopic (exact) mass is 505 g/mol. The number of hydrogen-bond donors (Lipinski definition) is 0. The molecule has 0 fully saturated rings. The summed E-state index contributed by atoms with van der Waals surface area (Å²) in [5.74, 6) is 0.774. The predicted octanol–water partition coefficient (Wildman–Crippen LogP) is 7.71. The highest BCUT2D eigenvalue weighted by Gasteiger charge is 2.30. The maximum absolute atomic E-state index is 6.07. The minimum absolute atomic E-state index is 0.0564. The summed E-state index contributed by atoms with van der Waals surface area (Å²) < 4.78 is 5.84. The lowest BCUT2D eigenvalue weighted by Gasteiger charge is -2.26. The SMILES string of the molecule is CN(COC(C)(C)C)Oc1cccc(C2CC(c3ccc(-c4ccccc4)cc3)=NN2c2ccccc2)c1. The molecule has 0 bridgehead atoms. The van der Waals surface area contributed by atoms with E-state index in [1.807, 2.05) is 52.1 Å². The van der Waals surface area contributed by atoms with Crippen LogP contribution in [0.3, 0.4) is 0 Å². The lowest BCUT2D eigenvalue weighted by molar-refractivity contribution is -0.154. The summed E-state index contributed by atoms with van der Waals surface area (Å²) in [6.07, 6.45) is 0.798. The maximum Gasteiger partial charge on any atom is 0.147 e. The number of benzene rings is 4. The number of hydroxylamine groups is 2. The van der Waals surface area contributed by atoms with E-state index in [9.17, 15) is 0 Å². The summed E-state index contributed by atoms with van der Waals surface area (Å²) in [5, 5.41) is 8.96. The van der Waals surface area contributed by atoms with Gasteiger partial charge in [0, 0.05) is 13.5 Å². The first-order valence-corrected chi connectivity index (χ1v) is 13.1. The van der Waals surface area contributed by atoms with E-state index in [0.717, 1.165) is 34.7 Å². The van der Waals surface area contributed by atoms with Crippen LogP contribution >= 0.6 is 0 Å². The zero-order chi connectivity index (χ0) is 26.5. The van der Waals surface area contributed by atoms with Crippen molar-refractivity contribution < 1.29 is 9.57 Å². The fraction of sp³-hybridized carbons (Fsp3) is 0.242. The second-order valence-corrected chi connectivity index (χ2v) is 10.6. The number of hydrogen-bond acceptors (Lipinski definition) is 5. The Morgan fingerprint density at radius 2 is 1.42 bits per heavy atom. The van der Waals surface area contributed by atoms with Crippen LogP contribution in [0, 0.1) is 0 Å². The van der Waals surface area contributed by atoms with Gasteiger partial charge in [-0.3, -0.25) is 5.01 Å². The van der Waals surface area contributed by atoms with Crippen LogP contribution in [0.1, 0.15) is 44.4 Å². The molecule has 5 nitrogen and oxygen atoms in total. The molecule has 5 heteroatoms. The maximum atomic E-state index is 6.07. The molecule has 1 aliphatic rings. The summed E-state index contributed by atoms with van der Waals surface area (Å²) in [4.78, 5) is 6.07. The Balaban J connectivity index is 1.38. The number of ether oxygens (including phenoxy) is 1. The minimum atomic E-state index is -0.230. The van der Waals surface area contributed by atoms with Gasteiger partial charge in [-0.25, -0.2) is 0 Å². The third kappa shape index (κ3) is 6.31. The smallest absolute Gasteiger partial charge is 0.147 e. The van der Waals surface area contributed by atoms with Crippen LogP contribution < -0.4 is 9.85 Å². The van der Waals surface area contributed by atoms with Crippen molar-refractivity contribution in [2.24, 2.45) is 5.10 Å². The van der Waals surface area contributed by atoms with Gasteiger partial charge in [0.25, 0.3) is 0 Å². The largest absolute Gasteiger partial charge is 0.404 e. The first kappa shape index (κ1) is 25.7. The van der Waals surface area contributed by atoms with Crippen molar-refractivity contribution in [1.29, 1.82) is 0 Å². The van der Waals surface area contributed by atoms with E-state index >= 15 is 0 Å². The number of anilines is 1. The van der Waals surface area contributed by atoms with Gasteiger partial charge < -0.3 is 9.57 Å². The molecule has 0 N–H and O–H groups in total. The summed E-state index contributed by atoms with van der Waals surface area (Å²) >= 11 is 0. The lowest BCUT2D eigenvalue weighted by Crippen LogP contribution is -2.31. The van der Waals surface area contributed by atoms with Gasteiger partial charge in [-0.15, -0.1) is 5.06 Å². The molecular weight excluding hydrogens is 470 g/mol. The number of nitrogens with zero attached hydrogens (tertiary/aromatic N) is 3. The predicted molar refractivity (Wildman–Crippen MR) is 155 cm³/mol. The molecule has 1 heterocycles. The van der Waals surface area contributed by atoms with Crippen LogP contribution in [0.4, 0.5) is 5.69 Å². The Morgan fingerprint density at radius 3 is 2.11 bits per heavy atom. The third-order valence-corrected chi connectivity index (χ3v) is 6.44. The normalized spacial score (nSPS) is 15.6. The molecule has 1 atom stereocenters. The van der Waals surface area contributed by atoms with Crippen LogP contribution in [0.25, 0.3) is 11.1 Å². The Kier molecular flexibility index (Phi) is 7.59. The highest BCUT2D eigenvalue weighted by Crippen LogP contribution is 2.38. The van der Waals surface area contributed by atoms with Crippen molar-refractivity contribution in [3.05, 3.63) is 120 Å². The standard InChI is InChI=1S/C33H35N3O2/c1-33(2,3)37-24-35(4)38-30-17-11-14-28(22-30)32-23-31(34-36(32)29-15-9-6-10-16-29)27-20-18-26(19-21-27)25-12-7-5-8-13-25/h5-22,32H,23-24H2,1-4H3. The van der Waals surface area contributed by atoms with Gasteiger partial charge in [-0.1, -0.05) is 84.9 Å². The zero-order valence-corrected chi connectivity index (χ0v) is 22.5. The fourth-order valence-corrected chi connectivity index (χ4v) is 4.52. The second kappa shape index (κ2) is 11.2. The second-order valence-electron chi connectivity index (χ2n) is 10.6. The molecule has 0 saturated carbocycles. The van der Waals surface area contributed by atoms with Gasteiger partial charge >= 0.3 is 0 Å². The number of hydrazone groups is 1. The molecule has 38 heavy (non-hydrogen) atoms. The van der Waals surface area contributed by atoms with Crippen molar-refractivity contribution in [3.63, 3.8) is 0 Å². The van der Waals surface area contributed by atoms with Gasteiger partial charge in [0.15, 0.2) is 0 Å². The topological polar surface area (TPSA) is 37.3 Å². The summed E-state index contributed by atoms with van der Waals surface area (Å²) in [7, 11) is 1.88. The van der Waals surface area contributed by atoms with E-state index in [2.05, 4.69) is 89.9 Å². The van der Waals surface area contributed by atoms with Crippen LogP contribution in [0.15, 0.2) is 114 Å². The number of para-hydroxylation sites is 1. The highest BCUT2D eigenvalue weighted by atomic mass is 16.7. The average Bonchev–Trinajstić information content (AvgIpc) is 3.39. The first-order valence-electron chi connectivity index (χ1n) is 13.1. The van der Waals surface area contributed by atoms with Crippen molar-refractivity contribution in [2.45, 2.75) is 38.8 Å². The van der Waals surface area contributed by atoms with E-state index in [1.54, 1.807) is 5.06 Å². The molecule has 5 rings (SSSR count). The van der Waals surface area contributed by atoms with Gasteiger partial charge in [0.2, 0.25) is 0 Å². The molecule has 0 radical (unpaired) electrons. The van der Waals surface area contributed by atoms with E-state index in [-0.39, 0.29) is 11.6 Å². The minimum Gasteiger partial charge on any atom is -0.404 e. The Hall–Kier alpha value is -3.93. The Morgan fingerprint density at radius 1 is 0.789 bits per heavy atom. The van der Waals surface area contributed by atoms with Crippen molar-refractivity contribution in [2.75, 3.05) is 18.8 Å². The van der Waals surface area contributed by atoms with Gasteiger partial charge in [0.1, 0.15) is 12.5 Å². The van der Waals surface area contributed by atoms with E-state index in [4.69, 9.17) is 14.7 Å². The first-order chi connectivity index (χ1) is 18.4. The van der Waals surface area contributed by atoms with Crippen molar-refractivity contribution in [3.8, 4) is 16.9 Å². The molecule has 194 valence electrons. The summed E-state index contributed by atoms with van der Waals surface area (Å²) in [5.41, 5.74) is 6.61. The van der Waals surface area contributed by atoms with Crippen LogP contribution in [-0.2, 0) is 4.74 Å².